The number of nitrogens with zero attached hydrogens (tertiary/aromatic N) is 5. The van der Waals surface area contributed by atoms with Crippen LogP contribution in [-0.4, -0.2) is 59.2 Å². The van der Waals surface area contributed by atoms with E-state index in [1.54, 1.807) is 11.3 Å². The van der Waals surface area contributed by atoms with E-state index in [1.165, 1.54) is 17.0 Å². The molecule has 0 unspecified atom stereocenters. The van der Waals surface area contributed by atoms with Gasteiger partial charge in [-0.3, -0.25) is 4.90 Å². The van der Waals surface area contributed by atoms with E-state index < -0.39 is 0 Å². The molecule has 25 heavy (non-hydrogen) atoms. The first-order valence-electron chi connectivity index (χ1n) is 9.01. The van der Waals surface area contributed by atoms with Crippen LogP contribution in [-0.2, 0) is 24.1 Å². The van der Waals surface area contributed by atoms with Crippen LogP contribution in [0.1, 0.15) is 27.7 Å². The summed E-state index contributed by atoms with van der Waals surface area (Å²) in [6, 6.07) is 0. The van der Waals surface area contributed by atoms with Crippen molar-refractivity contribution in [2.75, 3.05) is 44.3 Å². The summed E-state index contributed by atoms with van der Waals surface area (Å²) in [5.41, 5.74) is 4.89. The third-order valence-corrected chi connectivity index (χ3v) is 5.80. The molecule has 0 atom stereocenters. The number of hydrogen-bond donors (Lipinski definition) is 0. The number of hydrogen-bond acceptors (Lipinski definition) is 7. The van der Waals surface area contributed by atoms with Crippen molar-refractivity contribution in [1.29, 1.82) is 0 Å². The molecule has 7 heteroatoms. The molecule has 2 aliphatic rings. The van der Waals surface area contributed by atoms with Crippen molar-refractivity contribution in [3.05, 3.63) is 33.0 Å². The summed E-state index contributed by atoms with van der Waals surface area (Å²) >= 11 is 1.73. The third-order valence-electron chi connectivity index (χ3n) is 4.98. The van der Waals surface area contributed by atoms with Crippen LogP contribution in [0.2, 0.25) is 0 Å². The quantitative estimate of drug-likeness (QED) is 0.835. The maximum atomic E-state index is 5.45. The minimum atomic E-state index is 0.764. The fourth-order valence-corrected chi connectivity index (χ4v) is 4.19. The highest BCUT2D eigenvalue weighted by Gasteiger charge is 2.21. The van der Waals surface area contributed by atoms with E-state index in [4.69, 9.17) is 14.7 Å². The van der Waals surface area contributed by atoms with Crippen molar-refractivity contribution in [3.63, 3.8) is 0 Å². The highest BCUT2D eigenvalue weighted by Crippen LogP contribution is 2.22. The van der Waals surface area contributed by atoms with Crippen LogP contribution in [0, 0.1) is 13.8 Å². The van der Waals surface area contributed by atoms with Crippen molar-refractivity contribution in [2.45, 2.75) is 33.2 Å². The molecular weight excluding hydrogens is 334 g/mol. The average molecular weight is 359 g/mol. The van der Waals surface area contributed by atoms with Gasteiger partial charge in [0.05, 0.1) is 29.6 Å². The number of rotatable bonds is 3. The Morgan fingerprint density at radius 2 is 1.84 bits per heavy atom. The Kier molecular flexibility index (Phi) is 4.96. The summed E-state index contributed by atoms with van der Waals surface area (Å²) in [6.45, 7) is 10.5. The average Bonchev–Trinajstić information content (AvgIpc) is 2.91. The first kappa shape index (κ1) is 16.9. The zero-order valence-electron chi connectivity index (χ0n) is 15.0. The SMILES string of the molecule is Cc1nc(CN2CCc3nc(N4CCOCC4)nc(C)c3CC2)cs1. The standard InChI is InChI=1S/C18H25N5OS/c1-13-16-3-5-22(11-15-12-25-14(2)20-15)6-4-17(16)21-18(19-13)23-7-9-24-10-8-23/h12H,3-11H2,1-2H3. The fourth-order valence-electron chi connectivity index (χ4n) is 3.59. The third kappa shape index (κ3) is 3.83. The first-order valence-corrected chi connectivity index (χ1v) is 9.89. The molecule has 0 amide bonds. The van der Waals surface area contributed by atoms with E-state index in [1.807, 2.05) is 0 Å². The maximum absolute atomic E-state index is 5.45. The van der Waals surface area contributed by atoms with E-state index in [2.05, 4.69) is 34.0 Å². The summed E-state index contributed by atoms with van der Waals surface area (Å²) in [6.07, 6.45) is 2.01. The van der Waals surface area contributed by atoms with E-state index in [0.717, 1.165) is 75.4 Å². The molecule has 134 valence electrons. The van der Waals surface area contributed by atoms with Gasteiger partial charge in [0, 0.05) is 50.2 Å². The molecule has 0 N–H and O–H groups in total. The van der Waals surface area contributed by atoms with E-state index >= 15 is 0 Å². The zero-order valence-corrected chi connectivity index (χ0v) is 15.8. The molecule has 6 nitrogen and oxygen atoms in total. The van der Waals surface area contributed by atoms with Gasteiger partial charge in [-0.1, -0.05) is 0 Å². The Morgan fingerprint density at radius 1 is 1.04 bits per heavy atom. The molecule has 2 aromatic heterocycles. The summed E-state index contributed by atoms with van der Waals surface area (Å²) in [5, 5.41) is 3.32. The normalized spacial score (nSPS) is 18.9. The van der Waals surface area contributed by atoms with Gasteiger partial charge in [0.15, 0.2) is 0 Å². The molecule has 0 radical (unpaired) electrons. The van der Waals surface area contributed by atoms with Crippen LogP contribution in [0.25, 0.3) is 0 Å². The monoisotopic (exact) mass is 359 g/mol. The maximum Gasteiger partial charge on any atom is 0.225 e. The van der Waals surface area contributed by atoms with E-state index in [9.17, 15) is 0 Å². The first-order chi connectivity index (χ1) is 12.2. The molecule has 0 bridgehead atoms. The van der Waals surface area contributed by atoms with Crippen LogP contribution >= 0.6 is 11.3 Å². The molecule has 1 fully saturated rings. The van der Waals surface area contributed by atoms with Crippen LogP contribution in [0.5, 0.6) is 0 Å². The number of morpholine rings is 1. The van der Waals surface area contributed by atoms with E-state index in [0.29, 0.717) is 0 Å². The summed E-state index contributed by atoms with van der Waals surface area (Å²) in [5.74, 6) is 0.878. The highest BCUT2D eigenvalue weighted by atomic mass is 32.1. The largest absolute Gasteiger partial charge is 0.378 e. The van der Waals surface area contributed by atoms with Crippen LogP contribution in [0.3, 0.4) is 0 Å². The number of fused-ring (bicyclic) bond motifs is 1. The van der Waals surface area contributed by atoms with Gasteiger partial charge in [-0.15, -0.1) is 11.3 Å². The number of aryl methyl sites for hydroxylation is 2. The second kappa shape index (κ2) is 7.35. The van der Waals surface area contributed by atoms with Gasteiger partial charge in [-0.05, 0) is 25.8 Å². The lowest BCUT2D eigenvalue weighted by atomic mass is 10.1. The molecule has 2 aliphatic heterocycles. The zero-order chi connectivity index (χ0) is 17.2. The number of anilines is 1. The Balaban J connectivity index is 1.49. The van der Waals surface area contributed by atoms with E-state index in [-0.39, 0.29) is 0 Å². The summed E-state index contributed by atoms with van der Waals surface area (Å²) < 4.78 is 5.45. The van der Waals surface area contributed by atoms with Crippen LogP contribution < -0.4 is 4.90 Å². The Labute approximate surface area is 152 Å². The summed E-state index contributed by atoms with van der Waals surface area (Å²) in [7, 11) is 0. The van der Waals surface area contributed by atoms with Crippen molar-refractivity contribution >= 4 is 17.3 Å². The highest BCUT2D eigenvalue weighted by molar-refractivity contribution is 7.09. The minimum absolute atomic E-state index is 0.764. The van der Waals surface area contributed by atoms with Crippen molar-refractivity contribution < 1.29 is 4.74 Å². The second-order valence-corrected chi connectivity index (χ2v) is 7.83. The lowest BCUT2D eigenvalue weighted by Crippen LogP contribution is -2.37. The van der Waals surface area contributed by atoms with Gasteiger partial charge < -0.3 is 9.64 Å². The number of ether oxygens (including phenoxy) is 1. The van der Waals surface area contributed by atoms with Crippen LogP contribution in [0.15, 0.2) is 5.38 Å². The number of thiazole rings is 1. The smallest absolute Gasteiger partial charge is 0.225 e. The van der Waals surface area contributed by atoms with Crippen molar-refractivity contribution in [1.82, 2.24) is 19.9 Å². The molecule has 4 heterocycles. The molecule has 4 rings (SSSR count). The van der Waals surface area contributed by atoms with Gasteiger partial charge in [-0.2, -0.15) is 0 Å². The molecule has 1 saturated heterocycles. The van der Waals surface area contributed by atoms with Gasteiger partial charge in [0.1, 0.15) is 0 Å². The molecule has 0 saturated carbocycles. The fraction of sp³-hybridized carbons (Fsp3) is 0.611. The lowest BCUT2D eigenvalue weighted by molar-refractivity contribution is 0.122. The molecule has 0 aliphatic carbocycles. The Morgan fingerprint density at radius 3 is 2.60 bits per heavy atom. The minimum Gasteiger partial charge on any atom is -0.378 e. The van der Waals surface area contributed by atoms with Gasteiger partial charge in [0.25, 0.3) is 0 Å². The molecule has 0 spiro atoms. The van der Waals surface area contributed by atoms with Crippen molar-refractivity contribution in [2.24, 2.45) is 0 Å². The van der Waals surface area contributed by atoms with Gasteiger partial charge in [-0.25, -0.2) is 15.0 Å². The van der Waals surface area contributed by atoms with Gasteiger partial charge in [0.2, 0.25) is 5.95 Å². The predicted molar refractivity (Wildman–Crippen MR) is 99.3 cm³/mol. The van der Waals surface area contributed by atoms with Crippen LogP contribution in [0.4, 0.5) is 5.95 Å². The Hall–Kier alpha value is -1.57. The predicted octanol–water partition coefficient (Wildman–Crippen LogP) is 1.99. The topological polar surface area (TPSA) is 54.4 Å². The molecular formula is C18H25N5OS. The second-order valence-electron chi connectivity index (χ2n) is 6.77. The van der Waals surface area contributed by atoms with Crippen molar-refractivity contribution in [3.8, 4) is 0 Å². The summed E-state index contributed by atoms with van der Waals surface area (Å²) in [4.78, 5) is 19.1. The molecule has 0 aromatic carbocycles. The van der Waals surface area contributed by atoms with Gasteiger partial charge >= 0.3 is 0 Å². The Bertz CT molecular complexity index is 741. The lowest BCUT2D eigenvalue weighted by Gasteiger charge is -2.27. The molecule has 2 aromatic rings. The number of aromatic nitrogens is 3.